The lowest BCUT2D eigenvalue weighted by Crippen LogP contribution is -2.07. The lowest BCUT2D eigenvalue weighted by Gasteiger charge is -2.14. The Balaban J connectivity index is 1.70. The fraction of sp³-hybridized carbons (Fsp3) is 0.211. The second-order valence-corrected chi connectivity index (χ2v) is 6.45. The van der Waals surface area contributed by atoms with Gasteiger partial charge in [-0.05, 0) is 35.2 Å². The summed E-state index contributed by atoms with van der Waals surface area (Å²) in [5.41, 5.74) is 3.36. The molecule has 25 heavy (non-hydrogen) atoms. The Morgan fingerprint density at radius 2 is 1.80 bits per heavy atom. The number of hydrogen-bond donors (Lipinski definition) is 2. The van der Waals surface area contributed by atoms with Gasteiger partial charge in [-0.1, -0.05) is 55.8 Å². The van der Waals surface area contributed by atoms with Crippen molar-refractivity contribution < 1.29 is 0 Å². The number of nitrogens with zero attached hydrogens (tertiary/aromatic N) is 3. The molecule has 6 heteroatoms. The third-order valence-corrected chi connectivity index (χ3v) is 4.02. The van der Waals surface area contributed by atoms with Crippen molar-refractivity contribution in [1.29, 1.82) is 0 Å². The van der Waals surface area contributed by atoms with E-state index in [-0.39, 0.29) is 0 Å². The molecule has 2 N–H and O–H groups in total. The van der Waals surface area contributed by atoms with Crippen molar-refractivity contribution >= 4 is 29.1 Å². The lowest BCUT2D eigenvalue weighted by atomic mass is 10.0. The molecule has 1 aromatic heterocycles. The molecule has 0 bridgehead atoms. The van der Waals surface area contributed by atoms with Crippen molar-refractivity contribution in [1.82, 2.24) is 15.2 Å². The highest BCUT2D eigenvalue weighted by Gasteiger charge is 2.07. The largest absolute Gasteiger partial charge is 0.349 e. The van der Waals surface area contributed by atoms with Crippen LogP contribution in [0.1, 0.15) is 30.9 Å². The summed E-state index contributed by atoms with van der Waals surface area (Å²) >= 11 is 5.90. The van der Waals surface area contributed by atoms with Gasteiger partial charge < -0.3 is 10.6 Å². The lowest BCUT2D eigenvalue weighted by molar-refractivity contribution is 0.868. The maximum absolute atomic E-state index is 5.90. The molecule has 3 aromatic rings. The first-order valence-electron chi connectivity index (χ1n) is 8.16. The minimum atomic E-state index is 0.418. The van der Waals surface area contributed by atoms with Gasteiger partial charge in [-0.2, -0.15) is 10.1 Å². The Morgan fingerprint density at radius 3 is 2.56 bits per heavy atom. The van der Waals surface area contributed by atoms with Gasteiger partial charge in [-0.25, -0.2) is 0 Å². The van der Waals surface area contributed by atoms with Gasteiger partial charge in [0, 0.05) is 17.3 Å². The monoisotopic (exact) mass is 353 g/mol. The van der Waals surface area contributed by atoms with Crippen LogP contribution in [0.2, 0.25) is 5.02 Å². The summed E-state index contributed by atoms with van der Waals surface area (Å²) < 4.78 is 0. The summed E-state index contributed by atoms with van der Waals surface area (Å²) in [7, 11) is 0. The zero-order chi connectivity index (χ0) is 17.6. The van der Waals surface area contributed by atoms with E-state index in [4.69, 9.17) is 11.6 Å². The molecule has 0 amide bonds. The molecule has 0 aliphatic carbocycles. The first kappa shape index (κ1) is 17.2. The van der Waals surface area contributed by atoms with Gasteiger partial charge in [-0.15, -0.1) is 5.10 Å². The zero-order valence-electron chi connectivity index (χ0n) is 14.2. The predicted molar refractivity (Wildman–Crippen MR) is 102 cm³/mol. The standard InChI is InChI=1S/C19H20ClN5/c1-13(2)16-5-3-4-6-17(16)23-18-12-22-25-19(24-18)21-11-14-7-9-15(20)10-8-14/h3-10,12-13H,11H2,1-2H3,(H2,21,23,24,25). The molecule has 2 aromatic carbocycles. The van der Waals surface area contributed by atoms with Crippen molar-refractivity contribution in [2.45, 2.75) is 26.3 Å². The summed E-state index contributed by atoms with van der Waals surface area (Å²) in [6.07, 6.45) is 1.62. The number of para-hydroxylation sites is 1. The molecule has 0 saturated heterocycles. The summed E-state index contributed by atoms with van der Waals surface area (Å²) in [5.74, 6) is 1.55. The average Bonchev–Trinajstić information content (AvgIpc) is 2.62. The molecule has 0 aliphatic heterocycles. The molecule has 0 fully saturated rings. The summed E-state index contributed by atoms with van der Waals surface area (Å²) in [6, 6.07) is 15.8. The second-order valence-electron chi connectivity index (χ2n) is 6.01. The van der Waals surface area contributed by atoms with Crippen LogP contribution in [-0.2, 0) is 6.54 Å². The highest BCUT2D eigenvalue weighted by atomic mass is 35.5. The molecule has 0 atom stereocenters. The van der Waals surface area contributed by atoms with E-state index in [1.54, 1.807) is 6.20 Å². The summed E-state index contributed by atoms with van der Waals surface area (Å²) in [4.78, 5) is 4.48. The number of rotatable bonds is 6. The van der Waals surface area contributed by atoms with E-state index in [2.05, 4.69) is 45.7 Å². The molecule has 3 rings (SSSR count). The van der Waals surface area contributed by atoms with E-state index in [1.807, 2.05) is 42.5 Å². The SMILES string of the molecule is CC(C)c1ccccc1Nc1cnnc(NCc2ccc(Cl)cc2)n1. The smallest absolute Gasteiger partial charge is 0.244 e. The van der Waals surface area contributed by atoms with Crippen molar-refractivity contribution in [3.8, 4) is 0 Å². The normalized spacial score (nSPS) is 10.7. The molecule has 0 unspecified atom stereocenters. The third-order valence-electron chi connectivity index (χ3n) is 3.77. The van der Waals surface area contributed by atoms with Crippen LogP contribution in [0.3, 0.4) is 0 Å². The van der Waals surface area contributed by atoms with E-state index in [0.717, 1.165) is 16.3 Å². The minimum Gasteiger partial charge on any atom is -0.349 e. The van der Waals surface area contributed by atoms with Gasteiger partial charge in [0.2, 0.25) is 5.95 Å². The van der Waals surface area contributed by atoms with E-state index in [1.165, 1.54) is 5.56 Å². The Labute approximate surface area is 152 Å². The summed E-state index contributed by atoms with van der Waals surface area (Å²) in [5, 5.41) is 15.3. The molecule has 0 spiro atoms. The fourth-order valence-corrected chi connectivity index (χ4v) is 2.60. The van der Waals surface area contributed by atoms with Crippen molar-refractivity contribution in [3.05, 3.63) is 70.9 Å². The van der Waals surface area contributed by atoms with Gasteiger partial charge >= 0.3 is 0 Å². The average molecular weight is 354 g/mol. The van der Waals surface area contributed by atoms with Crippen LogP contribution >= 0.6 is 11.6 Å². The number of anilines is 3. The Kier molecular flexibility index (Phi) is 5.46. The maximum Gasteiger partial charge on any atom is 0.244 e. The van der Waals surface area contributed by atoms with Gasteiger partial charge in [0.25, 0.3) is 0 Å². The quantitative estimate of drug-likeness (QED) is 0.652. The number of halogens is 1. The second kappa shape index (κ2) is 7.94. The van der Waals surface area contributed by atoms with Crippen LogP contribution in [0.25, 0.3) is 0 Å². The number of benzene rings is 2. The van der Waals surface area contributed by atoms with Gasteiger partial charge in [0.05, 0.1) is 6.20 Å². The maximum atomic E-state index is 5.90. The molecule has 0 aliphatic rings. The molecule has 128 valence electrons. The van der Waals surface area contributed by atoms with Crippen LogP contribution in [0.15, 0.2) is 54.7 Å². The van der Waals surface area contributed by atoms with E-state index >= 15 is 0 Å². The Hall–Kier alpha value is -2.66. The van der Waals surface area contributed by atoms with Crippen molar-refractivity contribution in [3.63, 3.8) is 0 Å². The van der Waals surface area contributed by atoms with E-state index < -0.39 is 0 Å². The number of hydrogen-bond acceptors (Lipinski definition) is 5. The molecule has 0 saturated carbocycles. The van der Waals surface area contributed by atoms with Crippen molar-refractivity contribution in [2.24, 2.45) is 0 Å². The highest BCUT2D eigenvalue weighted by Crippen LogP contribution is 2.26. The van der Waals surface area contributed by atoms with Crippen LogP contribution < -0.4 is 10.6 Å². The fourth-order valence-electron chi connectivity index (χ4n) is 2.47. The van der Waals surface area contributed by atoms with Crippen molar-refractivity contribution in [2.75, 3.05) is 10.6 Å². The first-order chi connectivity index (χ1) is 12.1. The van der Waals surface area contributed by atoms with Gasteiger partial charge in [-0.3, -0.25) is 0 Å². The topological polar surface area (TPSA) is 62.7 Å². The van der Waals surface area contributed by atoms with Crippen LogP contribution in [0.5, 0.6) is 0 Å². The zero-order valence-corrected chi connectivity index (χ0v) is 15.0. The Morgan fingerprint density at radius 1 is 1.04 bits per heavy atom. The molecule has 0 radical (unpaired) electrons. The van der Waals surface area contributed by atoms with Crippen LogP contribution in [0, 0.1) is 0 Å². The molecular formula is C19H20ClN5. The van der Waals surface area contributed by atoms with Gasteiger partial charge in [0.15, 0.2) is 5.82 Å². The summed E-state index contributed by atoms with van der Waals surface area (Å²) in [6.45, 7) is 4.93. The molecule has 1 heterocycles. The van der Waals surface area contributed by atoms with Crippen LogP contribution in [-0.4, -0.2) is 15.2 Å². The number of aromatic nitrogens is 3. The highest BCUT2D eigenvalue weighted by molar-refractivity contribution is 6.30. The van der Waals surface area contributed by atoms with Gasteiger partial charge in [0.1, 0.15) is 0 Å². The van der Waals surface area contributed by atoms with E-state index in [9.17, 15) is 0 Å². The Bertz CT molecular complexity index is 833. The van der Waals surface area contributed by atoms with E-state index in [0.29, 0.717) is 24.2 Å². The molecule has 5 nitrogen and oxygen atoms in total. The minimum absolute atomic E-state index is 0.418. The third kappa shape index (κ3) is 4.67. The van der Waals surface area contributed by atoms with Crippen LogP contribution in [0.4, 0.5) is 17.5 Å². The first-order valence-corrected chi connectivity index (χ1v) is 8.53. The number of nitrogens with one attached hydrogen (secondary N) is 2. The predicted octanol–water partition coefficient (Wildman–Crippen LogP) is 5.00. The molecular weight excluding hydrogens is 334 g/mol.